The fourth-order valence-corrected chi connectivity index (χ4v) is 3.04. The molecule has 0 saturated carbocycles. The number of hydrogen-bond acceptors (Lipinski definition) is 4. The average molecular weight is 341 g/mol. The molecule has 1 saturated heterocycles. The molecule has 2 aromatic carbocycles. The van der Waals surface area contributed by atoms with Gasteiger partial charge in [0, 0.05) is 13.1 Å². The third-order valence-electron chi connectivity index (χ3n) is 4.64. The van der Waals surface area contributed by atoms with E-state index in [-0.39, 0.29) is 29.1 Å². The number of likely N-dealkylation sites (tertiary alicyclic amines) is 1. The molecule has 25 heavy (non-hydrogen) atoms. The van der Waals surface area contributed by atoms with Crippen LogP contribution in [0.15, 0.2) is 42.5 Å². The highest BCUT2D eigenvalue weighted by Gasteiger charge is 2.26. The van der Waals surface area contributed by atoms with Gasteiger partial charge >= 0.3 is 0 Å². The second-order valence-electron chi connectivity index (χ2n) is 6.42. The summed E-state index contributed by atoms with van der Waals surface area (Å²) in [5, 5.41) is 19.8. The number of rotatable bonds is 4. The van der Waals surface area contributed by atoms with Crippen LogP contribution in [0.1, 0.15) is 34.3 Å². The number of phenols is 2. The molecule has 1 amide bonds. The van der Waals surface area contributed by atoms with Crippen molar-refractivity contribution in [3.63, 3.8) is 0 Å². The van der Waals surface area contributed by atoms with E-state index in [9.17, 15) is 15.0 Å². The summed E-state index contributed by atoms with van der Waals surface area (Å²) < 4.78 is 5.93. The standard InChI is InChI=1S/C20H23NO4/c1-14-7-8-17(19(23)18(14)22)20(24)21-11-9-16(10-12-21)25-13-15-5-3-2-4-6-15/h2-8,16,22-23H,9-13H2,1H3. The highest BCUT2D eigenvalue weighted by Crippen LogP contribution is 2.33. The Morgan fingerprint density at radius 2 is 1.76 bits per heavy atom. The topological polar surface area (TPSA) is 70.0 Å². The second-order valence-corrected chi connectivity index (χ2v) is 6.42. The van der Waals surface area contributed by atoms with Crippen molar-refractivity contribution in [1.82, 2.24) is 4.90 Å². The summed E-state index contributed by atoms with van der Waals surface area (Å²) in [6.45, 7) is 3.41. The van der Waals surface area contributed by atoms with Crippen molar-refractivity contribution < 1.29 is 19.7 Å². The van der Waals surface area contributed by atoms with Crippen molar-refractivity contribution in [3.05, 3.63) is 59.2 Å². The third kappa shape index (κ3) is 3.94. The number of amides is 1. The number of carbonyl (C=O) groups is 1. The highest BCUT2D eigenvalue weighted by atomic mass is 16.5. The molecule has 132 valence electrons. The van der Waals surface area contributed by atoms with Gasteiger partial charge in [0.2, 0.25) is 0 Å². The summed E-state index contributed by atoms with van der Waals surface area (Å²) in [5.41, 5.74) is 1.83. The van der Waals surface area contributed by atoms with Crippen molar-refractivity contribution in [1.29, 1.82) is 0 Å². The molecule has 2 aromatic rings. The van der Waals surface area contributed by atoms with Crippen molar-refractivity contribution in [2.75, 3.05) is 13.1 Å². The van der Waals surface area contributed by atoms with Gasteiger partial charge in [-0.3, -0.25) is 4.79 Å². The Morgan fingerprint density at radius 3 is 2.44 bits per heavy atom. The number of piperidine rings is 1. The molecule has 0 bridgehead atoms. The van der Waals surface area contributed by atoms with Crippen molar-refractivity contribution in [2.45, 2.75) is 32.5 Å². The predicted octanol–water partition coefficient (Wildman–Crippen LogP) is 3.23. The maximum Gasteiger partial charge on any atom is 0.257 e. The van der Waals surface area contributed by atoms with Crippen molar-refractivity contribution in [2.24, 2.45) is 0 Å². The third-order valence-corrected chi connectivity index (χ3v) is 4.64. The monoisotopic (exact) mass is 341 g/mol. The number of carbonyl (C=O) groups excluding carboxylic acids is 1. The molecule has 5 heteroatoms. The average Bonchev–Trinajstić information content (AvgIpc) is 2.65. The lowest BCUT2D eigenvalue weighted by atomic mass is 10.0. The van der Waals surface area contributed by atoms with Crippen LogP contribution >= 0.6 is 0 Å². The summed E-state index contributed by atoms with van der Waals surface area (Å²) in [6.07, 6.45) is 1.65. The number of phenolic OH excluding ortho intramolecular Hbond substituents is 2. The lowest BCUT2D eigenvalue weighted by Crippen LogP contribution is -2.40. The fourth-order valence-electron chi connectivity index (χ4n) is 3.04. The predicted molar refractivity (Wildman–Crippen MR) is 94.7 cm³/mol. The van der Waals surface area contributed by atoms with Crippen LogP contribution in [0.4, 0.5) is 0 Å². The number of aryl methyl sites for hydroxylation is 1. The Balaban J connectivity index is 1.55. The van der Waals surface area contributed by atoms with Gasteiger partial charge in [-0.2, -0.15) is 0 Å². The van der Waals surface area contributed by atoms with Crippen molar-refractivity contribution >= 4 is 5.91 Å². The molecule has 0 unspecified atom stereocenters. The minimum Gasteiger partial charge on any atom is -0.504 e. The molecular weight excluding hydrogens is 318 g/mol. The molecule has 0 spiro atoms. The second kappa shape index (κ2) is 7.57. The van der Waals surface area contributed by atoms with Crippen LogP contribution in [0.25, 0.3) is 0 Å². The molecule has 0 aliphatic carbocycles. The summed E-state index contributed by atoms with van der Waals surface area (Å²) in [5.74, 6) is -0.825. The normalized spacial score (nSPS) is 15.3. The number of nitrogens with zero attached hydrogens (tertiary/aromatic N) is 1. The van der Waals surface area contributed by atoms with E-state index in [1.165, 1.54) is 0 Å². The van der Waals surface area contributed by atoms with Crippen LogP contribution in [0.5, 0.6) is 11.5 Å². The molecule has 0 radical (unpaired) electrons. The zero-order valence-electron chi connectivity index (χ0n) is 14.3. The molecule has 5 nitrogen and oxygen atoms in total. The Bertz CT molecular complexity index is 737. The molecule has 0 aromatic heterocycles. The first-order valence-electron chi connectivity index (χ1n) is 8.52. The molecule has 1 aliphatic rings. The van der Waals surface area contributed by atoms with Crippen LogP contribution in [0, 0.1) is 6.92 Å². The zero-order valence-corrected chi connectivity index (χ0v) is 14.3. The summed E-state index contributed by atoms with van der Waals surface area (Å²) in [7, 11) is 0. The van der Waals surface area contributed by atoms with E-state index < -0.39 is 0 Å². The van der Waals surface area contributed by atoms with E-state index >= 15 is 0 Å². The van der Waals surface area contributed by atoms with E-state index in [0.29, 0.717) is 25.3 Å². The largest absolute Gasteiger partial charge is 0.504 e. The van der Waals surface area contributed by atoms with Crippen LogP contribution < -0.4 is 0 Å². The first-order valence-corrected chi connectivity index (χ1v) is 8.52. The summed E-state index contributed by atoms with van der Waals surface area (Å²) in [4.78, 5) is 14.3. The number of benzene rings is 2. The maximum atomic E-state index is 12.6. The smallest absolute Gasteiger partial charge is 0.257 e. The van der Waals surface area contributed by atoms with E-state index in [4.69, 9.17) is 4.74 Å². The molecule has 1 fully saturated rings. The molecule has 2 N–H and O–H groups in total. The Morgan fingerprint density at radius 1 is 1.08 bits per heavy atom. The minimum absolute atomic E-state index is 0.129. The fraction of sp³-hybridized carbons (Fsp3) is 0.350. The quantitative estimate of drug-likeness (QED) is 0.838. The van der Waals surface area contributed by atoms with Crippen LogP contribution in [-0.2, 0) is 11.3 Å². The Hall–Kier alpha value is -2.53. The first kappa shape index (κ1) is 17.3. The molecular formula is C20H23NO4. The molecule has 1 aliphatic heterocycles. The van der Waals surface area contributed by atoms with E-state index in [0.717, 1.165) is 18.4 Å². The van der Waals surface area contributed by atoms with Crippen molar-refractivity contribution in [3.8, 4) is 11.5 Å². The van der Waals surface area contributed by atoms with Gasteiger partial charge in [0.1, 0.15) is 0 Å². The Labute approximate surface area is 147 Å². The van der Waals surface area contributed by atoms with Gasteiger partial charge in [-0.05, 0) is 37.0 Å². The number of aromatic hydroxyl groups is 2. The SMILES string of the molecule is Cc1ccc(C(=O)N2CCC(OCc3ccccc3)CC2)c(O)c1O. The highest BCUT2D eigenvalue weighted by molar-refractivity contribution is 5.97. The number of hydrogen-bond donors (Lipinski definition) is 2. The summed E-state index contributed by atoms with van der Waals surface area (Å²) in [6, 6.07) is 13.2. The lowest BCUT2D eigenvalue weighted by Gasteiger charge is -2.32. The maximum absolute atomic E-state index is 12.6. The van der Waals surface area contributed by atoms with Gasteiger partial charge in [0.25, 0.3) is 5.91 Å². The number of ether oxygens (including phenoxy) is 1. The van der Waals surface area contributed by atoms with Gasteiger partial charge in [-0.15, -0.1) is 0 Å². The molecule has 3 rings (SSSR count). The van der Waals surface area contributed by atoms with Gasteiger partial charge < -0.3 is 19.8 Å². The lowest BCUT2D eigenvalue weighted by molar-refractivity contribution is -0.000440. The minimum atomic E-state index is -0.340. The van der Waals surface area contributed by atoms with Crippen LogP contribution in [0.2, 0.25) is 0 Å². The van der Waals surface area contributed by atoms with Crippen LogP contribution in [-0.4, -0.2) is 40.2 Å². The van der Waals surface area contributed by atoms with E-state index in [1.54, 1.807) is 24.0 Å². The Kier molecular flexibility index (Phi) is 5.24. The van der Waals surface area contributed by atoms with Gasteiger partial charge in [-0.25, -0.2) is 0 Å². The molecule has 0 atom stereocenters. The molecule has 1 heterocycles. The zero-order chi connectivity index (χ0) is 17.8. The van der Waals surface area contributed by atoms with Gasteiger partial charge in [-0.1, -0.05) is 36.4 Å². The first-order chi connectivity index (χ1) is 12.1. The van der Waals surface area contributed by atoms with Gasteiger partial charge in [0.05, 0.1) is 18.3 Å². The van der Waals surface area contributed by atoms with E-state index in [2.05, 4.69) is 0 Å². The van der Waals surface area contributed by atoms with Gasteiger partial charge in [0.15, 0.2) is 11.5 Å². The van der Waals surface area contributed by atoms with E-state index in [1.807, 2.05) is 30.3 Å². The van der Waals surface area contributed by atoms with Crippen LogP contribution in [0.3, 0.4) is 0 Å². The summed E-state index contributed by atoms with van der Waals surface area (Å²) >= 11 is 0.